The molecule has 7 nitrogen and oxygen atoms in total. The summed E-state index contributed by atoms with van der Waals surface area (Å²) < 4.78 is 27.8. The van der Waals surface area contributed by atoms with E-state index in [4.69, 9.17) is 23.2 Å². The summed E-state index contributed by atoms with van der Waals surface area (Å²) in [7, 11) is -3.99. The molecule has 2 amide bonds. The molecule has 0 spiro atoms. The Hall–Kier alpha value is -2.55. The molecule has 0 saturated heterocycles. The van der Waals surface area contributed by atoms with Crippen LogP contribution in [0.1, 0.15) is 13.8 Å². The molecule has 170 valence electrons. The van der Waals surface area contributed by atoms with Crippen molar-refractivity contribution in [1.82, 2.24) is 9.47 Å². The largest absolute Gasteiger partial charge is 0.342 e. The number of halogens is 2. The fraction of sp³-hybridized carbons (Fsp3) is 0.273. The average molecular weight is 496 g/mol. The molecule has 0 aliphatic heterocycles. The van der Waals surface area contributed by atoms with Gasteiger partial charge in [-0.15, -0.1) is 0 Å². The van der Waals surface area contributed by atoms with Crippen LogP contribution < -0.4 is 5.32 Å². The highest BCUT2D eigenvalue weighted by atomic mass is 35.5. The van der Waals surface area contributed by atoms with Gasteiger partial charge in [0.05, 0.1) is 14.9 Å². The van der Waals surface area contributed by atoms with Gasteiger partial charge >= 0.3 is 0 Å². The van der Waals surface area contributed by atoms with E-state index in [2.05, 4.69) is 5.32 Å². The Morgan fingerprint density at radius 1 is 1.03 bits per heavy atom. The smallest absolute Gasteiger partial charge is 0.242 e. The van der Waals surface area contributed by atoms with Crippen LogP contribution >= 0.6 is 23.2 Å². The molecule has 0 unspecified atom stereocenters. The zero-order chi connectivity index (χ0) is 23.5. The summed E-state index contributed by atoms with van der Waals surface area (Å²) in [5.74, 6) is -1.58. The Morgan fingerprint density at radius 2 is 1.72 bits per heavy atom. The minimum absolute atomic E-state index is 0.00438. The first-order chi connectivity index (χ1) is 15.2. The Labute approximate surface area is 196 Å². The van der Waals surface area contributed by atoms with Crippen molar-refractivity contribution in [1.29, 1.82) is 0 Å². The van der Waals surface area contributed by atoms with Crippen LogP contribution in [-0.4, -0.2) is 48.5 Å². The zero-order valence-electron chi connectivity index (χ0n) is 17.6. The van der Waals surface area contributed by atoms with E-state index in [1.807, 2.05) is 13.8 Å². The van der Waals surface area contributed by atoms with Gasteiger partial charge in [0.1, 0.15) is 12.3 Å². The van der Waals surface area contributed by atoms with Crippen LogP contribution in [0.2, 0.25) is 10.0 Å². The van der Waals surface area contributed by atoms with Gasteiger partial charge in [0.25, 0.3) is 0 Å². The predicted octanol–water partition coefficient (Wildman–Crippen LogP) is 4.23. The second kappa shape index (κ2) is 9.94. The summed E-state index contributed by atoms with van der Waals surface area (Å²) in [5.41, 5.74) is 0.948. The highest BCUT2D eigenvalue weighted by Gasteiger charge is 2.25. The van der Waals surface area contributed by atoms with E-state index in [0.717, 1.165) is 0 Å². The molecule has 1 N–H and O–H groups in total. The molecule has 2 aromatic carbocycles. The van der Waals surface area contributed by atoms with Gasteiger partial charge in [-0.1, -0.05) is 41.4 Å². The molecule has 0 bridgehead atoms. The van der Waals surface area contributed by atoms with E-state index in [1.165, 1.54) is 24.4 Å². The summed E-state index contributed by atoms with van der Waals surface area (Å²) in [4.78, 5) is 26.7. The van der Waals surface area contributed by atoms with E-state index < -0.39 is 21.5 Å². The number of benzene rings is 2. The number of aromatic nitrogens is 1. The van der Waals surface area contributed by atoms with Crippen molar-refractivity contribution < 1.29 is 18.0 Å². The van der Waals surface area contributed by atoms with Crippen LogP contribution in [0.3, 0.4) is 0 Å². The van der Waals surface area contributed by atoms with E-state index in [-0.39, 0.29) is 22.4 Å². The number of nitrogens with zero attached hydrogens (tertiary/aromatic N) is 2. The second-order valence-corrected chi connectivity index (χ2v) is 9.91. The van der Waals surface area contributed by atoms with Crippen molar-refractivity contribution in [3.63, 3.8) is 0 Å². The maximum absolute atomic E-state index is 13.1. The van der Waals surface area contributed by atoms with Gasteiger partial charge in [0.2, 0.25) is 11.8 Å². The number of fused-ring (bicyclic) bond motifs is 1. The van der Waals surface area contributed by atoms with Gasteiger partial charge in [-0.2, -0.15) is 0 Å². The molecule has 0 atom stereocenters. The molecule has 3 rings (SSSR count). The highest BCUT2D eigenvalue weighted by molar-refractivity contribution is 7.92. The van der Waals surface area contributed by atoms with Gasteiger partial charge in [-0.05, 0) is 38.1 Å². The molecule has 0 aliphatic rings. The quantitative estimate of drug-likeness (QED) is 0.506. The van der Waals surface area contributed by atoms with Crippen molar-refractivity contribution in [2.24, 2.45) is 0 Å². The lowest BCUT2D eigenvalue weighted by Gasteiger charge is -2.19. The van der Waals surface area contributed by atoms with Gasteiger partial charge in [-0.25, -0.2) is 8.42 Å². The molecular formula is C22H23Cl2N3O4S. The lowest BCUT2D eigenvalue weighted by atomic mass is 10.2. The molecule has 0 saturated carbocycles. The Morgan fingerprint density at radius 3 is 2.38 bits per heavy atom. The molecule has 0 aliphatic carbocycles. The number of amides is 2. The summed E-state index contributed by atoms with van der Waals surface area (Å²) in [6, 6.07) is 11.4. The standard InChI is InChI=1S/C22H23Cl2N3O4S/c1-3-26(4-2)22(29)13-27-12-20(16-7-5-6-8-19(16)27)32(30,31)14-21(28)25-15-9-10-17(23)18(24)11-15/h5-12H,3-4,13-14H2,1-2H3,(H,25,28). The van der Waals surface area contributed by atoms with Crippen LogP contribution in [0, 0.1) is 0 Å². The lowest BCUT2D eigenvalue weighted by Crippen LogP contribution is -2.33. The van der Waals surface area contributed by atoms with E-state index >= 15 is 0 Å². The number of sulfone groups is 1. The molecule has 32 heavy (non-hydrogen) atoms. The first-order valence-electron chi connectivity index (χ1n) is 9.99. The summed E-state index contributed by atoms with van der Waals surface area (Å²) in [5, 5.41) is 3.55. The fourth-order valence-corrected chi connectivity index (χ4v) is 5.10. The molecular weight excluding hydrogens is 473 g/mol. The number of nitrogens with one attached hydrogen (secondary N) is 1. The lowest BCUT2D eigenvalue weighted by molar-refractivity contribution is -0.131. The maximum atomic E-state index is 13.1. The summed E-state index contributed by atoms with van der Waals surface area (Å²) >= 11 is 11.8. The normalized spacial score (nSPS) is 11.5. The third kappa shape index (κ3) is 5.26. The van der Waals surface area contributed by atoms with Gasteiger partial charge in [0, 0.05) is 35.9 Å². The number of para-hydroxylation sites is 1. The van der Waals surface area contributed by atoms with Crippen molar-refractivity contribution in [3.05, 3.63) is 58.7 Å². The Kier molecular flexibility index (Phi) is 7.48. The Bertz CT molecular complexity index is 1270. The third-order valence-electron chi connectivity index (χ3n) is 5.03. The number of hydrogen-bond acceptors (Lipinski definition) is 4. The van der Waals surface area contributed by atoms with Crippen molar-refractivity contribution in [3.8, 4) is 0 Å². The molecule has 1 heterocycles. The van der Waals surface area contributed by atoms with Crippen molar-refractivity contribution in [2.45, 2.75) is 25.3 Å². The van der Waals surface area contributed by atoms with Gasteiger partial charge in [0.15, 0.2) is 9.84 Å². The molecule has 0 radical (unpaired) electrons. The second-order valence-electron chi connectivity index (χ2n) is 7.14. The molecule has 1 aromatic heterocycles. The van der Waals surface area contributed by atoms with Crippen LogP contribution in [-0.2, 0) is 26.0 Å². The molecule has 3 aromatic rings. The maximum Gasteiger partial charge on any atom is 0.242 e. The zero-order valence-corrected chi connectivity index (χ0v) is 20.0. The first-order valence-corrected chi connectivity index (χ1v) is 12.4. The topological polar surface area (TPSA) is 88.5 Å². The number of hydrogen-bond donors (Lipinski definition) is 1. The van der Waals surface area contributed by atoms with E-state index in [9.17, 15) is 18.0 Å². The summed E-state index contributed by atoms with van der Waals surface area (Å²) in [6.45, 7) is 4.91. The molecule has 10 heteroatoms. The van der Waals surface area contributed by atoms with Crippen LogP contribution in [0.15, 0.2) is 53.6 Å². The van der Waals surface area contributed by atoms with Crippen molar-refractivity contribution >= 4 is 61.4 Å². The number of likely N-dealkylation sites (N-methyl/N-ethyl adjacent to an activating group) is 1. The first kappa shape index (κ1) is 24.1. The third-order valence-corrected chi connectivity index (χ3v) is 7.41. The van der Waals surface area contributed by atoms with E-state index in [1.54, 1.807) is 33.7 Å². The highest BCUT2D eigenvalue weighted by Crippen LogP contribution is 2.28. The van der Waals surface area contributed by atoms with Crippen LogP contribution in [0.4, 0.5) is 5.69 Å². The van der Waals surface area contributed by atoms with Crippen LogP contribution in [0.25, 0.3) is 10.9 Å². The number of anilines is 1. The molecule has 0 fully saturated rings. The fourth-order valence-electron chi connectivity index (χ4n) is 3.44. The van der Waals surface area contributed by atoms with Crippen molar-refractivity contribution in [2.75, 3.05) is 24.2 Å². The average Bonchev–Trinajstić information content (AvgIpc) is 3.11. The Balaban J connectivity index is 1.88. The van der Waals surface area contributed by atoms with Crippen LogP contribution in [0.5, 0.6) is 0 Å². The predicted molar refractivity (Wildman–Crippen MR) is 127 cm³/mol. The monoisotopic (exact) mass is 495 g/mol. The number of carbonyl (C=O) groups is 2. The number of rotatable bonds is 8. The SMILES string of the molecule is CCN(CC)C(=O)Cn1cc(S(=O)(=O)CC(=O)Nc2ccc(Cl)c(Cl)c2)c2ccccc21. The van der Waals surface area contributed by atoms with Gasteiger partial charge < -0.3 is 14.8 Å². The minimum Gasteiger partial charge on any atom is -0.342 e. The van der Waals surface area contributed by atoms with Gasteiger partial charge in [-0.3, -0.25) is 9.59 Å². The summed E-state index contributed by atoms with van der Waals surface area (Å²) in [6.07, 6.45) is 1.42. The van der Waals surface area contributed by atoms with E-state index in [0.29, 0.717) is 34.7 Å². The number of carbonyl (C=O) groups excluding carboxylic acids is 2. The minimum atomic E-state index is -3.99.